The summed E-state index contributed by atoms with van der Waals surface area (Å²) >= 11 is 0. The molecular formula is C11H16O2. The van der Waals surface area contributed by atoms with Crippen LogP contribution in [-0.2, 0) is 4.74 Å². The summed E-state index contributed by atoms with van der Waals surface area (Å²) in [6.45, 7) is 0.754. The van der Waals surface area contributed by atoms with Gasteiger partial charge in [-0.25, -0.2) is 0 Å². The monoisotopic (exact) mass is 180 g/mol. The van der Waals surface area contributed by atoms with E-state index >= 15 is 0 Å². The first-order chi connectivity index (χ1) is 6.22. The first-order valence-electron chi connectivity index (χ1n) is 5.07. The highest BCUT2D eigenvalue weighted by Gasteiger charge is 2.54. The molecule has 0 bridgehead atoms. The van der Waals surface area contributed by atoms with E-state index in [-0.39, 0.29) is 0 Å². The number of rotatable bonds is 0. The van der Waals surface area contributed by atoms with Crippen molar-refractivity contribution in [1.29, 1.82) is 0 Å². The molecule has 1 aliphatic heterocycles. The fraction of sp³-hybridized carbons (Fsp3) is 0.818. The molecule has 1 heterocycles. The van der Waals surface area contributed by atoms with E-state index in [0.29, 0.717) is 6.42 Å². The van der Waals surface area contributed by atoms with Crippen LogP contribution in [-0.4, -0.2) is 22.9 Å². The maximum absolute atomic E-state index is 10.2. The van der Waals surface area contributed by atoms with Crippen molar-refractivity contribution in [2.75, 3.05) is 6.61 Å². The van der Waals surface area contributed by atoms with Crippen LogP contribution in [0.15, 0.2) is 0 Å². The zero-order valence-corrected chi connectivity index (χ0v) is 7.88. The molecule has 1 N–H and O–H groups in total. The molecule has 1 saturated heterocycles. The number of hydrogen-bond donors (Lipinski definition) is 1. The number of hydrogen-bond acceptors (Lipinski definition) is 2. The second-order valence-corrected chi connectivity index (χ2v) is 4.16. The summed E-state index contributed by atoms with van der Waals surface area (Å²) in [6.07, 6.45) is 11.2. The third kappa shape index (κ3) is 1.19. The summed E-state index contributed by atoms with van der Waals surface area (Å²) in [6, 6.07) is 0. The Hall–Kier alpha value is -0.520. The SMILES string of the molecule is C#CC1(O)CCCC12CCCCO2. The lowest BCUT2D eigenvalue weighted by Crippen LogP contribution is -2.52. The van der Waals surface area contributed by atoms with Gasteiger partial charge in [-0.2, -0.15) is 0 Å². The maximum Gasteiger partial charge on any atom is 0.153 e. The van der Waals surface area contributed by atoms with Crippen LogP contribution in [0.5, 0.6) is 0 Å². The van der Waals surface area contributed by atoms with Crippen LogP contribution in [0.4, 0.5) is 0 Å². The van der Waals surface area contributed by atoms with E-state index in [0.717, 1.165) is 38.7 Å². The lowest BCUT2D eigenvalue weighted by Gasteiger charge is -2.41. The minimum Gasteiger partial charge on any atom is -0.375 e. The van der Waals surface area contributed by atoms with E-state index in [2.05, 4.69) is 5.92 Å². The van der Waals surface area contributed by atoms with Crippen LogP contribution >= 0.6 is 0 Å². The van der Waals surface area contributed by atoms with E-state index in [1.807, 2.05) is 0 Å². The highest BCUT2D eigenvalue weighted by Crippen LogP contribution is 2.46. The molecule has 72 valence electrons. The fourth-order valence-corrected chi connectivity index (χ4v) is 2.64. The first-order valence-corrected chi connectivity index (χ1v) is 5.07. The molecule has 1 aliphatic carbocycles. The fourth-order valence-electron chi connectivity index (χ4n) is 2.64. The van der Waals surface area contributed by atoms with Crippen LogP contribution in [0.3, 0.4) is 0 Å². The van der Waals surface area contributed by atoms with Crippen molar-refractivity contribution < 1.29 is 9.84 Å². The third-order valence-electron chi connectivity index (χ3n) is 3.47. The minimum absolute atomic E-state index is 0.403. The Bertz CT molecular complexity index is 235. The predicted octanol–water partition coefficient (Wildman–Crippen LogP) is 1.47. The van der Waals surface area contributed by atoms with E-state index in [1.165, 1.54) is 0 Å². The molecule has 2 heteroatoms. The summed E-state index contributed by atoms with van der Waals surface area (Å²) < 4.78 is 5.74. The minimum atomic E-state index is -0.993. The molecule has 0 aromatic heterocycles. The predicted molar refractivity (Wildman–Crippen MR) is 50.2 cm³/mol. The summed E-state index contributed by atoms with van der Waals surface area (Å²) in [5, 5.41) is 10.2. The zero-order chi connectivity index (χ0) is 9.36. The number of ether oxygens (including phenoxy) is 1. The van der Waals surface area contributed by atoms with Gasteiger partial charge in [0.15, 0.2) is 5.60 Å². The molecule has 13 heavy (non-hydrogen) atoms. The standard InChI is InChI=1S/C11H16O2/c1-2-10(12)6-5-8-11(10)7-3-4-9-13-11/h1,12H,3-9H2. The molecule has 2 atom stereocenters. The Morgan fingerprint density at radius 2 is 1.92 bits per heavy atom. The van der Waals surface area contributed by atoms with E-state index in [9.17, 15) is 5.11 Å². The van der Waals surface area contributed by atoms with Crippen LogP contribution in [0.1, 0.15) is 38.5 Å². The lowest BCUT2D eigenvalue weighted by molar-refractivity contribution is -0.160. The Kier molecular flexibility index (Phi) is 2.09. The topological polar surface area (TPSA) is 29.5 Å². The van der Waals surface area contributed by atoms with Gasteiger partial charge in [-0.3, -0.25) is 0 Å². The van der Waals surface area contributed by atoms with Gasteiger partial charge in [0, 0.05) is 6.61 Å². The molecule has 2 rings (SSSR count). The molecule has 0 aromatic carbocycles. The molecule has 0 radical (unpaired) electrons. The Morgan fingerprint density at radius 1 is 1.15 bits per heavy atom. The van der Waals surface area contributed by atoms with Gasteiger partial charge in [0.2, 0.25) is 0 Å². The summed E-state index contributed by atoms with van der Waals surface area (Å²) in [4.78, 5) is 0. The second kappa shape index (κ2) is 3.01. The van der Waals surface area contributed by atoms with E-state index < -0.39 is 11.2 Å². The average Bonchev–Trinajstić information content (AvgIpc) is 2.47. The molecular weight excluding hydrogens is 164 g/mol. The van der Waals surface area contributed by atoms with E-state index in [4.69, 9.17) is 11.2 Å². The summed E-state index contributed by atoms with van der Waals surface area (Å²) in [5.41, 5.74) is -1.40. The van der Waals surface area contributed by atoms with Crippen LogP contribution in [0.25, 0.3) is 0 Å². The molecule has 1 spiro atoms. The molecule has 2 fully saturated rings. The van der Waals surface area contributed by atoms with Gasteiger partial charge in [-0.1, -0.05) is 5.92 Å². The van der Waals surface area contributed by atoms with Crippen LogP contribution < -0.4 is 0 Å². The zero-order valence-electron chi connectivity index (χ0n) is 7.88. The van der Waals surface area contributed by atoms with Crippen molar-refractivity contribution in [3.05, 3.63) is 0 Å². The Balaban J connectivity index is 2.25. The molecule has 0 aromatic rings. The van der Waals surface area contributed by atoms with Gasteiger partial charge in [-0.15, -0.1) is 6.42 Å². The average molecular weight is 180 g/mol. The smallest absolute Gasteiger partial charge is 0.153 e. The quantitative estimate of drug-likeness (QED) is 0.572. The van der Waals surface area contributed by atoms with Gasteiger partial charge in [-0.05, 0) is 38.5 Å². The van der Waals surface area contributed by atoms with Crippen molar-refractivity contribution in [2.24, 2.45) is 0 Å². The highest BCUT2D eigenvalue weighted by molar-refractivity contribution is 5.22. The lowest BCUT2D eigenvalue weighted by atomic mass is 9.81. The van der Waals surface area contributed by atoms with Gasteiger partial charge < -0.3 is 9.84 Å². The van der Waals surface area contributed by atoms with Gasteiger partial charge in [0.25, 0.3) is 0 Å². The third-order valence-corrected chi connectivity index (χ3v) is 3.47. The number of aliphatic hydroxyl groups is 1. The highest BCUT2D eigenvalue weighted by atomic mass is 16.5. The molecule has 1 saturated carbocycles. The largest absolute Gasteiger partial charge is 0.375 e. The summed E-state index contributed by atoms with van der Waals surface area (Å²) in [7, 11) is 0. The van der Waals surface area contributed by atoms with Crippen molar-refractivity contribution in [3.8, 4) is 12.3 Å². The van der Waals surface area contributed by atoms with Crippen molar-refractivity contribution >= 4 is 0 Å². The summed E-state index contributed by atoms with van der Waals surface area (Å²) in [5.74, 6) is 2.53. The van der Waals surface area contributed by atoms with Gasteiger partial charge in [0.1, 0.15) is 5.60 Å². The Morgan fingerprint density at radius 3 is 2.54 bits per heavy atom. The van der Waals surface area contributed by atoms with Crippen LogP contribution in [0.2, 0.25) is 0 Å². The van der Waals surface area contributed by atoms with Crippen LogP contribution in [0, 0.1) is 12.3 Å². The molecule has 2 unspecified atom stereocenters. The van der Waals surface area contributed by atoms with Gasteiger partial charge >= 0.3 is 0 Å². The van der Waals surface area contributed by atoms with Crippen molar-refractivity contribution in [1.82, 2.24) is 0 Å². The van der Waals surface area contributed by atoms with Crippen molar-refractivity contribution in [2.45, 2.75) is 49.7 Å². The Labute approximate surface area is 79.3 Å². The maximum atomic E-state index is 10.2. The normalized spacial score (nSPS) is 44.9. The van der Waals surface area contributed by atoms with Crippen molar-refractivity contribution in [3.63, 3.8) is 0 Å². The number of terminal acetylenes is 1. The van der Waals surface area contributed by atoms with E-state index in [1.54, 1.807) is 0 Å². The molecule has 0 amide bonds. The first kappa shape index (κ1) is 9.05. The molecule has 2 nitrogen and oxygen atoms in total. The molecule has 2 aliphatic rings. The second-order valence-electron chi connectivity index (χ2n) is 4.16. The van der Waals surface area contributed by atoms with Gasteiger partial charge in [0.05, 0.1) is 0 Å².